The normalized spacial score (nSPS) is 21.5. The van der Waals surface area contributed by atoms with Crippen LogP contribution in [0.25, 0.3) is 0 Å². The molecule has 1 aliphatic heterocycles. The van der Waals surface area contributed by atoms with Gasteiger partial charge in [0.2, 0.25) is 5.91 Å². The van der Waals surface area contributed by atoms with Crippen LogP contribution in [0.3, 0.4) is 0 Å². The van der Waals surface area contributed by atoms with E-state index in [1.807, 2.05) is 5.38 Å². The number of nitrogens with zero attached hydrogens (tertiary/aromatic N) is 2. The van der Waals surface area contributed by atoms with Crippen LogP contribution in [0.5, 0.6) is 5.19 Å². The fourth-order valence-electron chi connectivity index (χ4n) is 3.14. The lowest BCUT2D eigenvalue weighted by Gasteiger charge is -2.31. The molecule has 1 aromatic rings. The third-order valence-electron chi connectivity index (χ3n) is 4.30. The van der Waals surface area contributed by atoms with Gasteiger partial charge in [0.15, 0.2) is 0 Å². The maximum atomic E-state index is 12.0. The third kappa shape index (κ3) is 4.41. The first-order chi connectivity index (χ1) is 10.3. The highest BCUT2D eigenvalue weighted by molar-refractivity contribution is 7.11. The molecule has 1 aromatic heterocycles. The first-order valence-electron chi connectivity index (χ1n) is 7.87. The Hall–Kier alpha value is -1.14. The zero-order chi connectivity index (χ0) is 14.5. The summed E-state index contributed by atoms with van der Waals surface area (Å²) in [4.78, 5) is 18.4. The maximum absolute atomic E-state index is 12.0. The number of carbonyl (C=O) groups excluding carboxylic acids is 1. The second-order valence-electron chi connectivity index (χ2n) is 5.94. The number of carbonyl (C=O) groups is 1. The van der Waals surface area contributed by atoms with Crippen LogP contribution in [0.4, 0.5) is 0 Å². The van der Waals surface area contributed by atoms with Gasteiger partial charge in [0.25, 0.3) is 5.19 Å². The topological polar surface area (TPSA) is 54.5 Å². The Morgan fingerprint density at radius 3 is 2.76 bits per heavy atom. The Balaban J connectivity index is 1.36. The quantitative estimate of drug-likeness (QED) is 0.904. The fraction of sp³-hybridized carbons (Fsp3) is 0.733. The van der Waals surface area contributed by atoms with E-state index in [4.69, 9.17) is 4.74 Å². The largest absolute Gasteiger partial charge is 0.467 e. The van der Waals surface area contributed by atoms with E-state index in [2.05, 4.69) is 15.2 Å². The molecule has 6 heteroatoms. The molecule has 0 unspecified atom stereocenters. The van der Waals surface area contributed by atoms with Crippen molar-refractivity contribution in [3.05, 3.63) is 11.6 Å². The molecule has 1 amide bonds. The number of aromatic nitrogens is 1. The molecule has 1 saturated heterocycles. The zero-order valence-electron chi connectivity index (χ0n) is 12.3. The van der Waals surface area contributed by atoms with Crippen molar-refractivity contribution in [3.63, 3.8) is 0 Å². The molecule has 0 atom stereocenters. The average molecular weight is 309 g/mol. The molecule has 21 heavy (non-hydrogen) atoms. The standard InChI is InChI=1S/C15H23N3O2S/c19-14(17-12-3-1-2-4-12)11-18-8-5-13(6-9-18)20-15-16-7-10-21-15/h7,10,12-13H,1-6,8-9,11H2,(H,17,19). The zero-order valence-corrected chi connectivity index (χ0v) is 13.1. The minimum Gasteiger partial charge on any atom is -0.467 e. The lowest BCUT2D eigenvalue weighted by Crippen LogP contribution is -2.45. The lowest BCUT2D eigenvalue weighted by molar-refractivity contribution is -0.123. The van der Waals surface area contributed by atoms with Crippen molar-refractivity contribution in [1.29, 1.82) is 0 Å². The molecule has 3 rings (SSSR count). The Labute approximate surface area is 129 Å². The van der Waals surface area contributed by atoms with Crippen LogP contribution >= 0.6 is 11.3 Å². The van der Waals surface area contributed by atoms with E-state index < -0.39 is 0 Å². The highest BCUT2D eigenvalue weighted by Crippen LogP contribution is 2.21. The van der Waals surface area contributed by atoms with Gasteiger partial charge >= 0.3 is 0 Å². The molecule has 0 bridgehead atoms. The van der Waals surface area contributed by atoms with Gasteiger partial charge in [-0.2, -0.15) is 0 Å². The monoisotopic (exact) mass is 309 g/mol. The van der Waals surface area contributed by atoms with Crippen molar-refractivity contribution >= 4 is 17.2 Å². The molecular formula is C15H23N3O2S. The van der Waals surface area contributed by atoms with Crippen molar-refractivity contribution in [2.75, 3.05) is 19.6 Å². The summed E-state index contributed by atoms with van der Waals surface area (Å²) < 4.78 is 5.84. The smallest absolute Gasteiger partial charge is 0.273 e. The Bertz CT molecular complexity index is 438. The molecule has 2 fully saturated rings. The van der Waals surface area contributed by atoms with E-state index in [-0.39, 0.29) is 12.0 Å². The van der Waals surface area contributed by atoms with E-state index in [9.17, 15) is 4.79 Å². The van der Waals surface area contributed by atoms with Gasteiger partial charge in [-0.15, -0.1) is 0 Å². The predicted molar refractivity (Wildman–Crippen MR) is 82.6 cm³/mol. The third-order valence-corrected chi connectivity index (χ3v) is 4.96. The van der Waals surface area contributed by atoms with Gasteiger partial charge in [-0.25, -0.2) is 4.98 Å². The van der Waals surface area contributed by atoms with Crippen molar-refractivity contribution in [2.45, 2.75) is 50.7 Å². The summed E-state index contributed by atoms with van der Waals surface area (Å²) in [6, 6.07) is 0.420. The van der Waals surface area contributed by atoms with Crippen LogP contribution in [0.2, 0.25) is 0 Å². The number of likely N-dealkylation sites (tertiary alicyclic amines) is 1. The number of rotatable bonds is 5. The van der Waals surface area contributed by atoms with Crippen LogP contribution < -0.4 is 10.1 Å². The molecule has 2 aliphatic rings. The van der Waals surface area contributed by atoms with Crippen LogP contribution in [-0.4, -0.2) is 47.6 Å². The van der Waals surface area contributed by atoms with Crippen molar-refractivity contribution in [2.24, 2.45) is 0 Å². The van der Waals surface area contributed by atoms with Gasteiger partial charge in [0.1, 0.15) is 6.10 Å². The summed E-state index contributed by atoms with van der Waals surface area (Å²) in [5, 5.41) is 5.84. The van der Waals surface area contributed by atoms with Crippen molar-refractivity contribution < 1.29 is 9.53 Å². The van der Waals surface area contributed by atoms with Crippen LogP contribution in [0.1, 0.15) is 38.5 Å². The number of hydrogen-bond acceptors (Lipinski definition) is 5. The maximum Gasteiger partial charge on any atom is 0.273 e. The number of thiazole rings is 1. The molecule has 0 aromatic carbocycles. The second kappa shape index (κ2) is 7.22. The number of hydrogen-bond donors (Lipinski definition) is 1. The van der Waals surface area contributed by atoms with E-state index in [1.165, 1.54) is 24.2 Å². The molecule has 1 saturated carbocycles. The highest BCUT2D eigenvalue weighted by Gasteiger charge is 2.24. The number of amides is 1. The van der Waals surface area contributed by atoms with Crippen molar-refractivity contribution in [3.8, 4) is 5.19 Å². The van der Waals surface area contributed by atoms with E-state index in [0.717, 1.165) is 44.0 Å². The SMILES string of the molecule is O=C(CN1CCC(Oc2nccs2)CC1)NC1CCCC1. The van der Waals surface area contributed by atoms with Crippen LogP contribution in [0, 0.1) is 0 Å². The Kier molecular flexibility index (Phi) is 5.08. The van der Waals surface area contributed by atoms with Gasteiger partial charge in [0, 0.05) is 30.7 Å². The summed E-state index contributed by atoms with van der Waals surface area (Å²) in [6.07, 6.45) is 8.75. The van der Waals surface area contributed by atoms with E-state index >= 15 is 0 Å². The predicted octanol–water partition coefficient (Wildman–Crippen LogP) is 2.05. The second-order valence-corrected chi connectivity index (χ2v) is 6.80. The van der Waals surface area contributed by atoms with E-state index in [0.29, 0.717) is 12.6 Å². The van der Waals surface area contributed by atoms with E-state index in [1.54, 1.807) is 6.20 Å². The molecule has 0 spiro atoms. The molecular weight excluding hydrogens is 286 g/mol. The van der Waals surface area contributed by atoms with Gasteiger partial charge in [0.05, 0.1) is 6.54 Å². The fourth-order valence-corrected chi connectivity index (χ4v) is 3.69. The van der Waals surface area contributed by atoms with Crippen molar-refractivity contribution in [1.82, 2.24) is 15.2 Å². The summed E-state index contributed by atoms with van der Waals surface area (Å²) >= 11 is 1.53. The number of piperidine rings is 1. The lowest BCUT2D eigenvalue weighted by atomic mass is 10.1. The molecule has 0 radical (unpaired) electrons. The van der Waals surface area contributed by atoms with Crippen LogP contribution in [-0.2, 0) is 4.79 Å². The van der Waals surface area contributed by atoms with Gasteiger partial charge in [-0.1, -0.05) is 24.2 Å². The highest BCUT2D eigenvalue weighted by atomic mass is 32.1. The summed E-state index contributed by atoms with van der Waals surface area (Å²) in [5.41, 5.74) is 0. The molecule has 2 heterocycles. The molecule has 5 nitrogen and oxygen atoms in total. The summed E-state index contributed by atoms with van der Waals surface area (Å²) in [6.45, 7) is 2.38. The number of nitrogens with one attached hydrogen (secondary N) is 1. The van der Waals surface area contributed by atoms with Gasteiger partial charge in [-0.3, -0.25) is 9.69 Å². The van der Waals surface area contributed by atoms with Crippen LogP contribution in [0.15, 0.2) is 11.6 Å². The summed E-state index contributed by atoms with van der Waals surface area (Å²) in [5.74, 6) is 0.182. The number of ether oxygens (including phenoxy) is 1. The summed E-state index contributed by atoms with van der Waals surface area (Å²) in [7, 11) is 0. The Morgan fingerprint density at radius 1 is 1.33 bits per heavy atom. The first kappa shape index (κ1) is 14.8. The first-order valence-corrected chi connectivity index (χ1v) is 8.75. The average Bonchev–Trinajstić information content (AvgIpc) is 3.14. The molecule has 116 valence electrons. The molecule has 1 N–H and O–H groups in total. The molecule has 1 aliphatic carbocycles. The minimum absolute atomic E-state index is 0.182. The van der Waals surface area contributed by atoms with Gasteiger partial charge < -0.3 is 10.1 Å². The minimum atomic E-state index is 0.182. The Morgan fingerprint density at radius 2 is 2.10 bits per heavy atom. The van der Waals surface area contributed by atoms with Gasteiger partial charge in [-0.05, 0) is 25.7 Å².